The topological polar surface area (TPSA) is 129 Å². The Hall–Kier alpha value is -3.29. The summed E-state index contributed by atoms with van der Waals surface area (Å²) in [6.07, 6.45) is 13.7. The number of hydrogen-bond donors (Lipinski definition) is 3. The van der Waals surface area contributed by atoms with Crippen LogP contribution in [-0.2, 0) is 19.8 Å². The van der Waals surface area contributed by atoms with Gasteiger partial charge in [0.05, 0.1) is 25.0 Å². The van der Waals surface area contributed by atoms with Crippen LogP contribution in [0.15, 0.2) is 42.6 Å². The molecule has 0 spiro atoms. The van der Waals surface area contributed by atoms with Crippen LogP contribution in [0.4, 0.5) is 5.69 Å². The average molecular weight is 565 g/mol. The van der Waals surface area contributed by atoms with E-state index in [0.717, 1.165) is 48.8 Å². The Morgan fingerprint density at radius 1 is 1.29 bits per heavy atom. The Morgan fingerprint density at radius 2 is 2.12 bits per heavy atom. The van der Waals surface area contributed by atoms with E-state index < -0.39 is 17.1 Å². The van der Waals surface area contributed by atoms with Gasteiger partial charge in [-0.2, -0.15) is 5.26 Å². The highest BCUT2D eigenvalue weighted by molar-refractivity contribution is 6.03. The zero-order valence-electron chi connectivity index (χ0n) is 24.8. The normalized spacial score (nSPS) is 18.3. The van der Waals surface area contributed by atoms with E-state index >= 15 is 0 Å². The van der Waals surface area contributed by atoms with Gasteiger partial charge in [-0.3, -0.25) is 4.79 Å². The summed E-state index contributed by atoms with van der Waals surface area (Å²) in [6.45, 7) is 5.59. The van der Waals surface area contributed by atoms with Crippen LogP contribution in [0, 0.1) is 11.3 Å². The molecule has 1 aliphatic heterocycles. The first-order chi connectivity index (χ1) is 19.8. The number of methoxy groups -OCH3 is 2. The molecule has 0 saturated carbocycles. The lowest BCUT2D eigenvalue weighted by atomic mass is 9.78. The average Bonchev–Trinajstić information content (AvgIpc) is 3.64. The number of nitriles is 1. The molecule has 9 heteroatoms. The number of imidazole rings is 1. The third kappa shape index (κ3) is 8.60. The van der Waals surface area contributed by atoms with Crippen molar-refractivity contribution in [2.45, 2.75) is 76.4 Å². The van der Waals surface area contributed by atoms with Crippen LogP contribution < -0.4 is 5.32 Å². The van der Waals surface area contributed by atoms with Gasteiger partial charge in [0.2, 0.25) is 0 Å². The Labute approximate surface area is 243 Å². The molecule has 1 aliphatic rings. The number of allylic oxidation sites excluding steroid dienone is 2. The first kappa shape index (κ1) is 32.2. The van der Waals surface area contributed by atoms with Gasteiger partial charge in [-0.05, 0) is 55.4 Å². The number of nitrogens with zero attached hydrogens (tertiary/aromatic N) is 2. The fraction of sp³-hybridized carbons (Fsp3) is 0.531. The van der Waals surface area contributed by atoms with Crippen molar-refractivity contribution >= 4 is 17.2 Å². The molecule has 41 heavy (non-hydrogen) atoms. The van der Waals surface area contributed by atoms with E-state index in [4.69, 9.17) is 19.5 Å². The minimum atomic E-state index is -1.24. The molecule has 1 aromatic heterocycles. The number of carbonyl (C=O) groups is 1. The summed E-state index contributed by atoms with van der Waals surface area (Å²) in [7, 11) is 3.29. The number of ether oxygens (including phenoxy) is 3. The number of aromatic nitrogens is 2. The van der Waals surface area contributed by atoms with Crippen LogP contribution in [0.3, 0.4) is 0 Å². The Kier molecular flexibility index (Phi) is 12.3. The highest BCUT2D eigenvalue weighted by Crippen LogP contribution is 2.41. The molecule has 2 heterocycles. The van der Waals surface area contributed by atoms with E-state index in [0.29, 0.717) is 44.8 Å². The van der Waals surface area contributed by atoms with Crippen LogP contribution in [0.25, 0.3) is 5.57 Å². The number of nitrogens with one attached hydrogen (secondary N) is 2. The maximum atomic E-state index is 13.1. The SMILES string of the molecule is CCC/C=C(\CCCC)c1cc(C(O)(CCCOC)C[C@@]2(COC)C=CCO2)ccc1NC(=O)c1ncc(C#N)[nH]1. The Bertz CT molecular complexity index is 1250. The largest absolute Gasteiger partial charge is 0.385 e. The minimum absolute atomic E-state index is 0.0620. The number of rotatable bonds is 17. The fourth-order valence-electron chi connectivity index (χ4n) is 5.27. The molecular weight excluding hydrogens is 520 g/mol. The molecule has 1 unspecified atom stereocenters. The maximum absolute atomic E-state index is 13.1. The van der Waals surface area contributed by atoms with Crippen molar-refractivity contribution in [2.75, 3.05) is 39.4 Å². The van der Waals surface area contributed by atoms with Gasteiger partial charge in [0.1, 0.15) is 17.4 Å². The lowest BCUT2D eigenvalue weighted by Crippen LogP contribution is -2.42. The summed E-state index contributed by atoms with van der Waals surface area (Å²) in [5.41, 5.74) is 1.56. The first-order valence-corrected chi connectivity index (χ1v) is 14.5. The molecule has 3 N–H and O–H groups in total. The number of anilines is 1. The van der Waals surface area contributed by atoms with Gasteiger partial charge < -0.3 is 29.6 Å². The van der Waals surface area contributed by atoms with E-state index in [1.807, 2.05) is 36.4 Å². The molecule has 0 bridgehead atoms. The molecule has 3 rings (SSSR count). The van der Waals surface area contributed by atoms with Crippen molar-refractivity contribution in [2.24, 2.45) is 0 Å². The highest BCUT2D eigenvalue weighted by Gasteiger charge is 2.42. The Balaban J connectivity index is 2.09. The lowest BCUT2D eigenvalue weighted by Gasteiger charge is -2.38. The van der Waals surface area contributed by atoms with Crippen molar-refractivity contribution in [3.63, 3.8) is 0 Å². The third-order valence-electron chi connectivity index (χ3n) is 7.35. The molecule has 1 aromatic carbocycles. The number of H-pyrrole nitrogens is 1. The van der Waals surface area contributed by atoms with Crippen molar-refractivity contribution in [3.8, 4) is 6.07 Å². The number of amides is 1. The number of hydrogen-bond acceptors (Lipinski definition) is 7. The maximum Gasteiger partial charge on any atom is 0.291 e. The van der Waals surface area contributed by atoms with Crippen molar-refractivity contribution in [3.05, 3.63) is 65.3 Å². The van der Waals surface area contributed by atoms with Crippen molar-refractivity contribution in [1.29, 1.82) is 5.26 Å². The number of aromatic amines is 1. The van der Waals surface area contributed by atoms with E-state index in [9.17, 15) is 9.90 Å². The molecule has 0 saturated heterocycles. The van der Waals surface area contributed by atoms with Gasteiger partial charge in [0, 0.05) is 38.5 Å². The summed E-state index contributed by atoms with van der Waals surface area (Å²) in [6, 6.07) is 7.67. The summed E-state index contributed by atoms with van der Waals surface area (Å²) < 4.78 is 16.9. The molecule has 9 nitrogen and oxygen atoms in total. The van der Waals surface area contributed by atoms with Crippen LogP contribution in [-0.4, -0.2) is 60.6 Å². The standard InChI is InChI=1S/C32H44N4O5/c1-5-7-11-24(12-8-6-2)27-19-25(13-14-28(27)36-30(37)29-34-21-26(20-33)35-29)32(38,16-10-17-39-3)22-31(23-40-4)15-9-18-41-31/h9,11,13-15,19,21,38H,5-8,10,12,16-18,22-23H2,1-4H3,(H,34,35)(H,36,37)/b24-11+/t31-,32?/m1/s1. The molecule has 1 amide bonds. The fourth-order valence-corrected chi connectivity index (χ4v) is 5.27. The number of unbranched alkanes of at least 4 members (excludes halogenated alkanes) is 2. The van der Waals surface area contributed by atoms with Gasteiger partial charge >= 0.3 is 0 Å². The zero-order chi connectivity index (χ0) is 29.7. The van der Waals surface area contributed by atoms with Crippen LogP contribution in [0.1, 0.15) is 92.7 Å². The lowest BCUT2D eigenvalue weighted by molar-refractivity contribution is -0.0987. The number of benzene rings is 1. The summed E-state index contributed by atoms with van der Waals surface area (Å²) >= 11 is 0. The van der Waals surface area contributed by atoms with Crippen molar-refractivity contribution < 1.29 is 24.1 Å². The van der Waals surface area contributed by atoms with Gasteiger partial charge in [0.15, 0.2) is 5.82 Å². The van der Waals surface area contributed by atoms with E-state index in [-0.39, 0.29) is 11.5 Å². The van der Waals surface area contributed by atoms with Gasteiger partial charge in [-0.1, -0.05) is 51.0 Å². The quantitative estimate of drug-likeness (QED) is 0.162. The van der Waals surface area contributed by atoms with Gasteiger partial charge in [-0.25, -0.2) is 4.98 Å². The Morgan fingerprint density at radius 3 is 2.76 bits per heavy atom. The smallest absolute Gasteiger partial charge is 0.291 e. The first-order valence-electron chi connectivity index (χ1n) is 14.5. The van der Waals surface area contributed by atoms with E-state index in [1.165, 1.54) is 6.20 Å². The van der Waals surface area contributed by atoms with Crippen LogP contribution in [0.5, 0.6) is 0 Å². The monoisotopic (exact) mass is 564 g/mol. The minimum Gasteiger partial charge on any atom is -0.385 e. The van der Waals surface area contributed by atoms with Gasteiger partial charge in [0.25, 0.3) is 5.91 Å². The molecule has 0 fully saturated rings. The molecule has 2 aromatic rings. The second kappa shape index (κ2) is 15.6. The van der Waals surface area contributed by atoms with Crippen LogP contribution >= 0.6 is 0 Å². The predicted octanol–water partition coefficient (Wildman–Crippen LogP) is 5.88. The van der Waals surface area contributed by atoms with E-state index in [1.54, 1.807) is 14.2 Å². The van der Waals surface area contributed by atoms with Gasteiger partial charge in [-0.15, -0.1) is 0 Å². The zero-order valence-corrected chi connectivity index (χ0v) is 24.8. The highest BCUT2D eigenvalue weighted by atomic mass is 16.5. The van der Waals surface area contributed by atoms with E-state index in [2.05, 4.69) is 35.2 Å². The number of carbonyl (C=O) groups excluding carboxylic acids is 1. The molecule has 2 atom stereocenters. The third-order valence-corrected chi connectivity index (χ3v) is 7.35. The second-order valence-corrected chi connectivity index (χ2v) is 10.6. The summed E-state index contributed by atoms with van der Waals surface area (Å²) in [5, 5.41) is 24.4. The second-order valence-electron chi connectivity index (χ2n) is 10.6. The predicted molar refractivity (Wildman–Crippen MR) is 159 cm³/mol. The summed E-state index contributed by atoms with van der Waals surface area (Å²) in [4.78, 5) is 19.9. The van der Waals surface area contributed by atoms with Crippen LogP contribution in [0.2, 0.25) is 0 Å². The number of aliphatic hydroxyl groups is 1. The molecule has 0 aliphatic carbocycles. The molecular formula is C32H44N4O5. The molecule has 0 radical (unpaired) electrons. The molecule has 222 valence electrons. The summed E-state index contributed by atoms with van der Waals surface area (Å²) in [5.74, 6) is -0.378. The van der Waals surface area contributed by atoms with Crippen molar-refractivity contribution in [1.82, 2.24) is 9.97 Å².